The first kappa shape index (κ1) is 17.1. The molecule has 0 aromatic heterocycles. The number of hydrogen-bond donors (Lipinski definition) is 1. The van der Waals surface area contributed by atoms with Crippen molar-refractivity contribution in [2.24, 2.45) is 0 Å². The number of fused-ring (bicyclic) bond motifs is 1. The first-order valence-corrected chi connectivity index (χ1v) is 9.36. The fourth-order valence-electron chi connectivity index (χ4n) is 3.76. The monoisotopic (exact) mass is 346 g/mol. The van der Waals surface area contributed by atoms with Gasteiger partial charge in [-0.2, -0.15) is 0 Å². The van der Waals surface area contributed by atoms with E-state index >= 15 is 0 Å². The van der Waals surface area contributed by atoms with Crippen LogP contribution in [-0.4, -0.2) is 31.1 Å². The van der Waals surface area contributed by atoms with Crippen LogP contribution in [0.15, 0.2) is 66.7 Å². The van der Waals surface area contributed by atoms with Gasteiger partial charge in [0.1, 0.15) is 5.75 Å². The lowest BCUT2D eigenvalue weighted by molar-refractivity contribution is 0.320. The van der Waals surface area contributed by atoms with Crippen molar-refractivity contribution in [1.82, 2.24) is 10.2 Å². The van der Waals surface area contributed by atoms with E-state index in [-0.39, 0.29) is 0 Å². The van der Waals surface area contributed by atoms with E-state index in [4.69, 9.17) is 4.74 Å². The van der Waals surface area contributed by atoms with Crippen LogP contribution in [0, 0.1) is 0 Å². The van der Waals surface area contributed by atoms with E-state index in [0.717, 1.165) is 25.4 Å². The van der Waals surface area contributed by atoms with Gasteiger partial charge < -0.3 is 10.1 Å². The molecule has 1 fully saturated rings. The molecule has 0 radical (unpaired) electrons. The third kappa shape index (κ3) is 4.06. The number of likely N-dealkylation sites (tertiary alicyclic amines) is 1. The molecule has 0 amide bonds. The number of methoxy groups -OCH3 is 1. The lowest BCUT2D eigenvalue weighted by Gasteiger charge is -2.17. The number of ether oxygens (including phenoxy) is 1. The molecule has 0 bridgehead atoms. The van der Waals surface area contributed by atoms with Crippen molar-refractivity contribution in [3.05, 3.63) is 77.9 Å². The summed E-state index contributed by atoms with van der Waals surface area (Å²) in [7, 11) is 1.71. The Labute approximate surface area is 155 Å². The van der Waals surface area contributed by atoms with E-state index in [1.165, 1.54) is 34.9 Å². The molecule has 3 nitrogen and oxygen atoms in total. The van der Waals surface area contributed by atoms with Gasteiger partial charge >= 0.3 is 0 Å². The van der Waals surface area contributed by atoms with Gasteiger partial charge in [-0.25, -0.2) is 0 Å². The summed E-state index contributed by atoms with van der Waals surface area (Å²) in [5.74, 6) is 0.910. The minimum absolute atomic E-state index is 0.574. The maximum Gasteiger partial charge on any atom is 0.119 e. The second-order valence-corrected chi connectivity index (χ2v) is 7.13. The van der Waals surface area contributed by atoms with Crippen LogP contribution < -0.4 is 10.1 Å². The summed E-state index contributed by atoms with van der Waals surface area (Å²) in [5, 5.41) is 6.23. The highest BCUT2D eigenvalue weighted by Crippen LogP contribution is 2.22. The highest BCUT2D eigenvalue weighted by Gasteiger charge is 2.21. The van der Waals surface area contributed by atoms with Gasteiger partial charge in [0.25, 0.3) is 0 Å². The largest absolute Gasteiger partial charge is 0.497 e. The highest BCUT2D eigenvalue weighted by molar-refractivity contribution is 5.84. The van der Waals surface area contributed by atoms with Crippen molar-refractivity contribution in [3.8, 4) is 5.75 Å². The molecular formula is C23H26N2O. The molecule has 0 spiro atoms. The fraction of sp³-hybridized carbons (Fsp3) is 0.304. The van der Waals surface area contributed by atoms with E-state index in [1.54, 1.807) is 7.11 Å². The summed E-state index contributed by atoms with van der Waals surface area (Å²) >= 11 is 0. The topological polar surface area (TPSA) is 24.5 Å². The SMILES string of the molecule is COc1ccc2cc(CN[C@@H]3CCN(Cc4ccccc4)C3)ccc2c1. The Kier molecular flexibility index (Phi) is 5.19. The van der Waals surface area contributed by atoms with Gasteiger partial charge in [0, 0.05) is 32.2 Å². The first-order valence-electron chi connectivity index (χ1n) is 9.36. The normalized spacial score (nSPS) is 17.7. The van der Waals surface area contributed by atoms with Crippen molar-refractivity contribution in [2.75, 3.05) is 20.2 Å². The van der Waals surface area contributed by atoms with Gasteiger partial charge in [0.05, 0.1) is 7.11 Å². The smallest absolute Gasteiger partial charge is 0.119 e. The predicted octanol–water partition coefficient (Wildman–Crippen LogP) is 4.21. The summed E-state index contributed by atoms with van der Waals surface area (Å²) in [4.78, 5) is 2.54. The van der Waals surface area contributed by atoms with Gasteiger partial charge in [-0.15, -0.1) is 0 Å². The van der Waals surface area contributed by atoms with Crippen molar-refractivity contribution in [1.29, 1.82) is 0 Å². The number of nitrogens with zero attached hydrogens (tertiary/aromatic N) is 1. The molecule has 0 unspecified atom stereocenters. The van der Waals surface area contributed by atoms with Crippen LogP contribution in [0.3, 0.4) is 0 Å². The fourth-order valence-corrected chi connectivity index (χ4v) is 3.76. The Hall–Kier alpha value is -2.36. The molecule has 1 aliphatic rings. The summed E-state index contributed by atoms with van der Waals surface area (Å²) in [6.45, 7) is 4.27. The molecule has 26 heavy (non-hydrogen) atoms. The Balaban J connectivity index is 1.32. The maximum atomic E-state index is 5.30. The van der Waals surface area contributed by atoms with E-state index in [1.807, 2.05) is 6.07 Å². The van der Waals surface area contributed by atoms with E-state index in [0.29, 0.717) is 6.04 Å². The molecule has 1 saturated heterocycles. The zero-order valence-electron chi connectivity index (χ0n) is 15.3. The van der Waals surface area contributed by atoms with Crippen LogP contribution in [0.4, 0.5) is 0 Å². The number of rotatable bonds is 6. The highest BCUT2D eigenvalue weighted by atomic mass is 16.5. The lowest BCUT2D eigenvalue weighted by Crippen LogP contribution is -2.31. The van der Waals surface area contributed by atoms with Crippen molar-refractivity contribution >= 4 is 10.8 Å². The summed E-state index contributed by atoms with van der Waals surface area (Å²) in [6, 6.07) is 24.2. The van der Waals surface area contributed by atoms with Crippen LogP contribution in [0.25, 0.3) is 10.8 Å². The molecule has 0 aliphatic carbocycles. The van der Waals surface area contributed by atoms with E-state index in [2.05, 4.69) is 70.9 Å². The van der Waals surface area contributed by atoms with E-state index in [9.17, 15) is 0 Å². The molecule has 0 saturated carbocycles. The molecule has 4 rings (SSSR count). The second-order valence-electron chi connectivity index (χ2n) is 7.13. The zero-order valence-corrected chi connectivity index (χ0v) is 15.3. The second kappa shape index (κ2) is 7.90. The minimum Gasteiger partial charge on any atom is -0.497 e. The average molecular weight is 346 g/mol. The zero-order chi connectivity index (χ0) is 17.8. The molecular weight excluding hydrogens is 320 g/mol. The van der Waals surface area contributed by atoms with Crippen molar-refractivity contribution < 1.29 is 4.74 Å². The van der Waals surface area contributed by atoms with Gasteiger partial charge in [0.2, 0.25) is 0 Å². The Morgan fingerprint density at radius 2 is 1.77 bits per heavy atom. The van der Waals surface area contributed by atoms with Crippen molar-refractivity contribution in [2.45, 2.75) is 25.6 Å². The average Bonchev–Trinajstić information content (AvgIpc) is 3.14. The first-order chi connectivity index (χ1) is 12.8. The Morgan fingerprint density at radius 3 is 2.62 bits per heavy atom. The van der Waals surface area contributed by atoms with Crippen LogP contribution in [0.2, 0.25) is 0 Å². The van der Waals surface area contributed by atoms with Gasteiger partial charge in [-0.05, 0) is 46.5 Å². The number of benzene rings is 3. The maximum absolute atomic E-state index is 5.30. The molecule has 1 atom stereocenters. The molecule has 1 N–H and O–H groups in total. The summed E-state index contributed by atoms with van der Waals surface area (Å²) in [6.07, 6.45) is 1.22. The predicted molar refractivity (Wildman–Crippen MR) is 107 cm³/mol. The molecule has 1 heterocycles. The van der Waals surface area contributed by atoms with Crippen LogP contribution >= 0.6 is 0 Å². The van der Waals surface area contributed by atoms with Crippen molar-refractivity contribution in [3.63, 3.8) is 0 Å². The van der Waals surface area contributed by atoms with Crippen LogP contribution in [0.5, 0.6) is 5.75 Å². The molecule has 3 aromatic carbocycles. The number of nitrogens with one attached hydrogen (secondary N) is 1. The van der Waals surface area contributed by atoms with Gasteiger partial charge in [0.15, 0.2) is 0 Å². The summed E-state index contributed by atoms with van der Waals surface area (Å²) in [5.41, 5.74) is 2.74. The lowest BCUT2D eigenvalue weighted by atomic mass is 10.1. The minimum atomic E-state index is 0.574. The Bertz CT molecular complexity index is 862. The molecule has 3 aromatic rings. The Morgan fingerprint density at radius 1 is 0.962 bits per heavy atom. The van der Waals surface area contributed by atoms with Crippen LogP contribution in [-0.2, 0) is 13.1 Å². The number of hydrogen-bond acceptors (Lipinski definition) is 3. The third-order valence-electron chi connectivity index (χ3n) is 5.23. The molecule has 3 heteroatoms. The quantitative estimate of drug-likeness (QED) is 0.723. The van der Waals surface area contributed by atoms with Gasteiger partial charge in [-0.3, -0.25) is 4.90 Å². The van der Waals surface area contributed by atoms with Crippen LogP contribution in [0.1, 0.15) is 17.5 Å². The van der Waals surface area contributed by atoms with Gasteiger partial charge in [-0.1, -0.05) is 48.5 Å². The third-order valence-corrected chi connectivity index (χ3v) is 5.23. The molecule has 134 valence electrons. The summed E-state index contributed by atoms with van der Waals surface area (Å²) < 4.78 is 5.30. The van der Waals surface area contributed by atoms with E-state index < -0.39 is 0 Å². The molecule has 1 aliphatic heterocycles. The standard InChI is InChI=1S/C23H26N2O/c1-26-23-10-9-20-13-19(7-8-21(20)14-23)15-24-22-11-12-25(17-22)16-18-5-3-2-4-6-18/h2-10,13-14,22,24H,11-12,15-17H2,1H3/t22-/m1/s1.